The molecule has 71 heavy (non-hydrogen) atoms. The zero-order chi connectivity index (χ0) is 47.7. The minimum Gasteiger partial charge on any atom is -0.360 e. The third kappa shape index (κ3) is 8.69. The van der Waals surface area contributed by atoms with E-state index < -0.39 is 8.88 Å². The van der Waals surface area contributed by atoms with Crippen LogP contribution in [-0.2, 0) is 21.9 Å². The second kappa shape index (κ2) is 19.8. The summed E-state index contributed by atoms with van der Waals surface area (Å²) in [6.07, 6.45) is 0. The molecule has 2 aromatic heterocycles. The maximum atomic E-state index is 7.65. The summed E-state index contributed by atoms with van der Waals surface area (Å²) in [6.45, 7) is 5.93. The van der Waals surface area contributed by atoms with Crippen molar-refractivity contribution < 1.29 is 8.85 Å². The monoisotopic (exact) mass is 994 g/mol. The summed E-state index contributed by atoms with van der Waals surface area (Å²) in [5.41, 5.74) is 7.06. The predicted octanol–water partition coefficient (Wildman–Crippen LogP) is 7.47. The normalized spacial score (nSPS) is 14.8. The van der Waals surface area contributed by atoms with Crippen molar-refractivity contribution in [3.05, 3.63) is 200 Å². The molecule has 8 aromatic rings. The van der Waals surface area contributed by atoms with E-state index in [0.29, 0.717) is 72.1 Å². The largest absolute Gasteiger partial charge is 0.603 e. The van der Waals surface area contributed by atoms with E-state index in [9.17, 15) is 0 Å². The SMILES string of the molecule is Clc1ccc(CNCCNCCO[Si]2(OCCNCCNCc3ccc(Cl)cc3)n3c4c5ccccc5c3N=C3N=C(N=c5c6ccccc6c(n52)=NC2=NC(=N4)c4ccccc42)c2ccccc23)cc1. The molecule has 0 saturated heterocycles. The third-order valence-corrected chi connectivity index (χ3v) is 16.5. The van der Waals surface area contributed by atoms with Crippen LogP contribution < -0.4 is 32.2 Å². The van der Waals surface area contributed by atoms with Gasteiger partial charge in [-0.05, 0) is 35.4 Å². The fourth-order valence-electron chi connectivity index (χ4n) is 9.52. The minimum absolute atomic E-state index is 0.266. The number of nitrogens with one attached hydrogen (secondary N) is 4. The van der Waals surface area contributed by atoms with Gasteiger partial charge in [0, 0.05) is 106 Å². The van der Waals surface area contributed by atoms with Gasteiger partial charge in [0.15, 0.2) is 23.3 Å². The van der Waals surface area contributed by atoms with Crippen molar-refractivity contribution in [3.8, 4) is 0 Å². The Balaban J connectivity index is 1.01. The number of aromatic nitrogens is 2. The molecule has 4 N–H and O–H groups in total. The molecule has 0 unspecified atom stereocenters. The van der Waals surface area contributed by atoms with Gasteiger partial charge in [-0.3, -0.25) is 8.47 Å². The van der Waals surface area contributed by atoms with E-state index >= 15 is 0 Å². The molecule has 4 aliphatic heterocycles. The van der Waals surface area contributed by atoms with Crippen LogP contribution in [-0.4, -0.2) is 93.2 Å². The summed E-state index contributed by atoms with van der Waals surface area (Å²) in [6, 6.07) is 48.5. The minimum atomic E-state index is -4.27. The van der Waals surface area contributed by atoms with E-state index in [4.69, 9.17) is 62.0 Å². The number of hydrogen-bond acceptors (Lipinski definition) is 12. The van der Waals surface area contributed by atoms with Crippen LogP contribution in [0.5, 0.6) is 0 Å². The van der Waals surface area contributed by atoms with Crippen molar-refractivity contribution in [2.24, 2.45) is 30.0 Å². The van der Waals surface area contributed by atoms with Gasteiger partial charge in [-0.25, -0.2) is 30.0 Å². The van der Waals surface area contributed by atoms with Crippen LogP contribution in [0.3, 0.4) is 0 Å². The lowest BCUT2D eigenvalue weighted by molar-refractivity contribution is 0.149. The lowest BCUT2D eigenvalue weighted by atomic mass is 10.1. The lowest BCUT2D eigenvalue weighted by Gasteiger charge is -2.33. The van der Waals surface area contributed by atoms with Gasteiger partial charge in [0.25, 0.3) is 0 Å². The lowest BCUT2D eigenvalue weighted by Crippen LogP contribution is -2.64. The summed E-state index contributed by atoms with van der Waals surface area (Å²) in [5.74, 6) is 3.37. The molecule has 0 atom stereocenters. The van der Waals surface area contributed by atoms with E-state index in [0.717, 1.165) is 80.0 Å². The molecule has 12 rings (SSSR count). The highest BCUT2D eigenvalue weighted by atomic mass is 35.5. The Labute approximate surface area is 420 Å². The van der Waals surface area contributed by atoms with E-state index in [-0.39, 0.29) is 13.2 Å². The van der Waals surface area contributed by atoms with Gasteiger partial charge in [-0.1, -0.05) is 145 Å². The molecule has 6 bridgehead atoms. The molecule has 4 aliphatic rings. The number of benzene rings is 6. The standard InChI is InChI=1S/C54H48Cl2N12O2Si/c55-37-21-17-35(18-22-37)33-59-27-25-57-29-31-69-71(70-32-30-58-26-28-60-34-36-19-23-38(56)24-20-36)67-51-43-13-5-6-14-44(43)53(67)65-49-41-11-3-4-12-42(41)50(62-49)66-54-46-16-8-7-15-45(46)52(68(54)71)64-48-40-10-2-1-9-39(40)47(61-48)63-51/h1-24,57-60H,25-34H2. The smallest absolute Gasteiger partial charge is 0.360 e. The van der Waals surface area contributed by atoms with Gasteiger partial charge in [0.1, 0.15) is 22.6 Å². The molecule has 354 valence electrons. The van der Waals surface area contributed by atoms with Gasteiger partial charge in [0.05, 0.1) is 13.2 Å². The number of nitrogens with zero attached hydrogens (tertiary/aromatic N) is 8. The molecule has 17 heteroatoms. The van der Waals surface area contributed by atoms with Crippen LogP contribution in [0.15, 0.2) is 176 Å². The zero-order valence-corrected chi connectivity index (χ0v) is 41.1. The van der Waals surface area contributed by atoms with Crippen LogP contribution in [0.4, 0.5) is 11.6 Å². The van der Waals surface area contributed by atoms with Crippen LogP contribution in [0, 0.1) is 0 Å². The van der Waals surface area contributed by atoms with Gasteiger partial charge in [0.2, 0.25) is 0 Å². The summed E-state index contributed by atoms with van der Waals surface area (Å²) >= 11 is 12.3. The molecular formula is C54H48Cl2N12O2Si. The summed E-state index contributed by atoms with van der Waals surface area (Å²) in [4.78, 5) is 32.6. The van der Waals surface area contributed by atoms with Gasteiger partial charge < -0.3 is 30.1 Å². The molecule has 0 amide bonds. The Bertz CT molecular complexity index is 3380. The first kappa shape index (κ1) is 45.4. The van der Waals surface area contributed by atoms with Crippen molar-refractivity contribution in [3.63, 3.8) is 0 Å². The van der Waals surface area contributed by atoms with Gasteiger partial charge in [-0.2, -0.15) is 0 Å². The molecule has 6 aromatic carbocycles. The molecule has 0 spiro atoms. The van der Waals surface area contributed by atoms with Crippen molar-refractivity contribution >= 4 is 88.6 Å². The maximum Gasteiger partial charge on any atom is 0.603 e. The first-order valence-corrected chi connectivity index (χ1v) is 26.3. The van der Waals surface area contributed by atoms with E-state index in [2.05, 4.69) is 78.3 Å². The fourth-order valence-corrected chi connectivity index (χ4v) is 13.1. The number of aliphatic imine (C=N–C) groups is 4. The first-order chi connectivity index (χ1) is 35.0. The highest BCUT2D eigenvalue weighted by Gasteiger charge is 2.53. The third-order valence-electron chi connectivity index (χ3n) is 12.9. The predicted molar refractivity (Wildman–Crippen MR) is 285 cm³/mol. The van der Waals surface area contributed by atoms with Crippen LogP contribution >= 0.6 is 23.2 Å². The van der Waals surface area contributed by atoms with Crippen molar-refractivity contribution in [2.45, 2.75) is 13.1 Å². The van der Waals surface area contributed by atoms with Crippen LogP contribution in [0.25, 0.3) is 21.5 Å². The molecule has 0 fully saturated rings. The summed E-state index contributed by atoms with van der Waals surface area (Å²) in [5, 5.41) is 19.2. The number of fused-ring (bicyclic) bond motifs is 14. The number of hydrogen-bond donors (Lipinski definition) is 4. The number of halogens is 2. The van der Waals surface area contributed by atoms with Crippen LogP contribution in [0.2, 0.25) is 10.0 Å². The molecule has 14 nitrogen and oxygen atoms in total. The second-order valence-electron chi connectivity index (χ2n) is 17.5. The number of amidine groups is 4. The molecule has 0 radical (unpaired) electrons. The van der Waals surface area contributed by atoms with E-state index in [1.54, 1.807) is 0 Å². The van der Waals surface area contributed by atoms with Crippen molar-refractivity contribution in [2.75, 3.05) is 52.5 Å². The quantitative estimate of drug-likeness (QED) is 0.0518. The Hall–Kier alpha value is -6.76. The second-order valence-corrected chi connectivity index (χ2v) is 20.9. The Morgan fingerprint density at radius 2 is 0.746 bits per heavy atom. The molecule has 0 aliphatic carbocycles. The van der Waals surface area contributed by atoms with Crippen LogP contribution in [0.1, 0.15) is 33.4 Å². The highest BCUT2D eigenvalue weighted by Crippen LogP contribution is 2.43. The average molecular weight is 996 g/mol. The van der Waals surface area contributed by atoms with Crippen molar-refractivity contribution in [1.82, 2.24) is 29.7 Å². The van der Waals surface area contributed by atoms with E-state index in [1.807, 2.05) is 97.1 Å². The Morgan fingerprint density at radius 1 is 0.380 bits per heavy atom. The topological polar surface area (TPSA) is 151 Å². The molecule has 0 saturated carbocycles. The average Bonchev–Trinajstić information content (AvgIpc) is 4.12. The summed E-state index contributed by atoms with van der Waals surface area (Å²) < 4.78 is 19.6. The maximum absolute atomic E-state index is 7.65. The van der Waals surface area contributed by atoms with Gasteiger partial charge in [-0.15, -0.1) is 0 Å². The fraction of sp³-hybridized carbons (Fsp3) is 0.185. The Kier molecular flexibility index (Phi) is 12.7. The molecule has 6 heterocycles. The highest BCUT2D eigenvalue weighted by molar-refractivity contribution is 6.66. The number of rotatable bonds is 18. The Morgan fingerprint density at radius 3 is 1.17 bits per heavy atom. The zero-order valence-electron chi connectivity index (χ0n) is 38.6. The van der Waals surface area contributed by atoms with E-state index in [1.165, 1.54) is 11.1 Å². The first-order valence-electron chi connectivity index (χ1n) is 23.9. The molecular weight excluding hydrogens is 948 g/mol. The van der Waals surface area contributed by atoms with Crippen molar-refractivity contribution in [1.29, 1.82) is 0 Å². The summed E-state index contributed by atoms with van der Waals surface area (Å²) in [7, 11) is -4.27. The van der Waals surface area contributed by atoms with Gasteiger partial charge >= 0.3 is 8.88 Å².